The first-order valence-electron chi connectivity index (χ1n) is 4.71. The Morgan fingerprint density at radius 2 is 1.88 bits per heavy atom. The zero-order chi connectivity index (χ0) is 11.5. The van der Waals surface area contributed by atoms with Crippen molar-refractivity contribution in [2.45, 2.75) is 0 Å². The van der Waals surface area contributed by atoms with Crippen molar-refractivity contribution in [3.8, 4) is 5.75 Å². The molecule has 0 radical (unpaired) electrons. The van der Waals surface area contributed by atoms with Crippen LogP contribution in [0.5, 0.6) is 5.75 Å². The van der Waals surface area contributed by atoms with E-state index in [9.17, 15) is 9.90 Å². The van der Waals surface area contributed by atoms with Crippen LogP contribution in [-0.4, -0.2) is 15.9 Å². The SMILES string of the molecule is Nc1ccc(O)c(C(=O)c2ccncc2)c1. The van der Waals surface area contributed by atoms with Crippen LogP contribution in [0.4, 0.5) is 5.69 Å². The van der Waals surface area contributed by atoms with Gasteiger partial charge in [-0.3, -0.25) is 9.78 Å². The lowest BCUT2D eigenvalue weighted by Gasteiger charge is -2.04. The van der Waals surface area contributed by atoms with Gasteiger partial charge in [-0.25, -0.2) is 0 Å². The van der Waals surface area contributed by atoms with Crippen molar-refractivity contribution in [2.24, 2.45) is 0 Å². The van der Waals surface area contributed by atoms with E-state index in [-0.39, 0.29) is 17.1 Å². The molecule has 1 aromatic heterocycles. The molecule has 0 spiro atoms. The van der Waals surface area contributed by atoms with E-state index in [0.717, 1.165) is 0 Å². The van der Waals surface area contributed by atoms with Crippen molar-refractivity contribution >= 4 is 11.5 Å². The van der Waals surface area contributed by atoms with Crippen molar-refractivity contribution in [1.82, 2.24) is 4.98 Å². The molecule has 2 aromatic rings. The molecular formula is C12H10N2O2. The zero-order valence-electron chi connectivity index (χ0n) is 8.42. The van der Waals surface area contributed by atoms with Crippen molar-refractivity contribution in [1.29, 1.82) is 0 Å². The van der Waals surface area contributed by atoms with Crippen LogP contribution in [0.2, 0.25) is 0 Å². The number of benzene rings is 1. The lowest BCUT2D eigenvalue weighted by molar-refractivity contribution is 0.103. The highest BCUT2D eigenvalue weighted by Crippen LogP contribution is 2.22. The molecule has 0 bridgehead atoms. The van der Waals surface area contributed by atoms with Gasteiger partial charge in [0.1, 0.15) is 5.75 Å². The van der Waals surface area contributed by atoms with Crippen LogP contribution in [0.3, 0.4) is 0 Å². The summed E-state index contributed by atoms with van der Waals surface area (Å²) in [6.45, 7) is 0. The molecule has 3 N–H and O–H groups in total. The van der Waals surface area contributed by atoms with E-state index in [1.807, 2.05) is 0 Å². The summed E-state index contributed by atoms with van der Waals surface area (Å²) in [5.41, 5.74) is 6.68. The molecule has 4 heteroatoms. The van der Waals surface area contributed by atoms with Gasteiger partial charge in [0.2, 0.25) is 0 Å². The number of anilines is 1. The number of carbonyl (C=O) groups excluding carboxylic acids is 1. The fraction of sp³-hybridized carbons (Fsp3) is 0. The first-order valence-corrected chi connectivity index (χ1v) is 4.71. The highest BCUT2D eigenvalue weighted by molar-refractivity contribution is 6.11. The van der Waals surface area contributed by atoms with Crippen LogP contribution in [-0.2, 0) is 0 Å². The molecule has 0 unspecified atom stereocenters. The number of carbonyl (C=O) groups is 1. The van der Waals surface area contributed by atoms with Crippen LogP contribution < -0.4 is 5.73 Å². The zero-order valence-corrected chi connectivity index (χ0v) is 8.42. The van der Waals surface area contributed by atoms with Gasteiger partial charge in [-0.2, -0.15) is 0 Å². The molecule has 0 amide bonds. The number of nitrogens with zero attached hydrogens (tertiary/aromatic N) is 1. The molecule has 80 valence electrons. The molecular weight excluding hydrogens is 204 g/mol. The minimum absolute atomic E-state index is 0.0731. The molecule has 0 saturated carbocycles. The number of nitrogens with two attached hydrogens (primary N) is 1. The maximum absolute atomic E-state index is 12.0. The molecule has 0 aliphatic carbocycles. The number of ketones is 1. The Hall–Kier alpha value is -2.36. The number of nitrogen functional groups attached to an aromatic ring is 1. The second-order valence-electron chi connectivity index (χ2n) is 3.34. The maximum Gasteiger partial charge on any atom is 0.196 e. The topological polar surface area (TPSA) is 76.2 Å². The fourth-order valence-corrected chi connectivity index (χ4v) is 1.39. The summed E-state index contributed by atoms with van der Waals surface area (Å²) >= 11 is 0. The molecule has 16 heavy (non-hydrogen) atoms. The first-order chi connectivity index (χ1) is 7.68. The quantitative estimate of drug-likeness (QED) is 0.452. The average Bonchev–Trinajstić information content (AvgIpc) is 2.32. The third kappa shape index (κ3) is 1.86. The van der Waals surface area contributed by atoms with Gasteiger partial charge in [-0.05, 0) is 30.3 Å². The van der Waals surface area contributed by atoms with Gasteiger partial charge in [-0.15, -0.1) is 0 Å². The highest BCUT2D eigenvalue weighted by atomic mass is 16.3. The number of aromatic nitrogens is 1. The van der Waals surface area contributed by atoms with Gasteiger partial charge in [0, 0.05) is 23.6 Å². The Morgan fingerprint density at radius 1 is 1.19 bits per heavy atom. The van der Waals surface area contributed by atoms with E-state index < -0.39 is 0 Å². The number of hydrogen-bond acceptors (Lipinski definition) is 4. The van der Waals surface area contributed by atoms with Crippen LogP contribution in [0.1, 0.15) is 15.9 Å². The van der Waals surface area contributed by atoms with Gasteiger partial charge in [0.25, 0.3) is 0 Å². The van der Waals surface area contributed by atoms with Crippen molar-refractivity contribution < 1.29 is 9.90 Å². The second kappa shape index (κ2) is 4.02. The summed E-state index contributed by atoms with van der Waals surface area (Å²) in [7, 11) is 0. The molecule has 4 nitrogen and oxygen atoms in total. The van der Waals surface area contributed by atoms with E-state index >= 15 is 0 Å². The average molecular weight is 214 g/mol. The van der Waals surface area contributed by atoms with Gasteiger partial charge in [0.05, 0.1) is 5.56 Å². The number of phenols is 1. The van der Waals surface area contributed by atoms with Crippen LogP contribution in [0, 0.1) is 0 Å². The van der Waals surface area contributed by atoms with Gasteiger partial charge >= 0.3 is 0 Å². The predicted octanol–water partition coefficient (Wildman–Crippen LogP) is 1.60. The van der Waals surface area contributed by atoms with E-state index in [0.29, 0.717) is 11.3 Å². The molecule has 2 rings (SSSR count). The Morgan fingerprint density at radius 3 is 2.56 bits per heavy atom. The van der Waals surface area contributed by atoms with Crippen LogP contribution >= 0.6 is 0 Å². The molecule has 0 fully saturated rings. The Labute approximate surface area is 92.4 Å². The summed E-state index contributed by atoms with van der Waals surface area (Å²) in [5.74, 6) is -0.344. The number of phenolic OH excluding ortho intramolecular Hbond substituents is 1. The minimum Gasteiger partial charge on any atom is -0.507 e. The first kappa shape index (κ1) is 10.2. The predicted molar refractivity (Wildman–Crippen MR) is 60.2 cm³/mol. The van der Waals surface area contributed by atoms with Crippen molar-refractivity contribution in [3.05, 3.63) is 53.9 Å². The van der Waals surface area contributed by atoms with Crippen molar-refractivity contribution in [3.63, 3.8) is 0 Å². The van der Waals surface area contributed by atoms with Crippen LogP contribution in [0.15, 0.2) is 42.7 Å². The molecule has 1 aromatic carbocycles. The van der Waals surface area contributed by atoms with E-state index in [1.54, 1.807) is 18.2 Å². The largest absolute Gasteiger partial charge is 0.507 e. The molecule has 1 heterocycles. The Bertz CT molecular complexity index is 524. The molecule has 0 atom stereocenters. The fourth-order valence-electron chi connectivity index (χ4n) is 1.39. The lowest BCUT2D eigenvalue weighted by atomic mass is 10.0. The summed E-state index contributed by atoms with van der Waals surface area (Å²) in [5, 5.41) is 9.57. The number of hydrogen-bond donors (Lipinski definition) is 2. The second-order valence-corrected chi connectivity index (χ2v) is 3.34. The monoisotopic (exact) mass is 214 g/mol. The minimum atomic E-state index is -0.271. The van der Waals surface area contributed by atoms with Gasteiger partial charge < -0.3 is 10.8 Å². The Balaban J connectivity index is 2.46. The maximum atomic E-state index is 12.0. The third-order valence-corrected chi connectivity index (χ3v) is 2.21. The normalized spacial score (nSPS) is 10.0. The van der Waals surface area contributed by atoms with Gasteiger partial charge in [0.15, 0.2) is 5.78 Å². The number of pyridine rings is 1. The van der Waals surface area contributed by atoms with E-state index in [2.05, 4.69) is 4.98 Å². The summed E-state index contributed by atoms with van der Waals surface area (Å²) < 4.78 is 0. The third-order valence-electron chi connectivity index (χ3n) is 2.21. The lowest BCUT2D eigenvalue weighted by Crippen LogP contribution is -2.02. The molecule has 0 aliphatic heterocycles. The van der Waals surface area contributed by atoms with E-state index in [4.69, 9.17) is 5.73 Å². The summed E-state index contributed by atoms with van der Waals surface area (Å²) in [4.78, 5) is 15.8. The Kier molecular flexibility index (Phi) is 2.55. The summed E-state index contributed by atoms with van der Waals surface area (Å²) in [6.07, 6.45) is 3.05. The highest BCUT2D eigenvalue weighted by Gasteiger charge is 2.13. The van der Waals surface area contributed by atoms with E-state index in [1.165, 1.54) is 24.5 Å². The number of rotatable bonds is 2. The standard InChI is InChI=1S/C12H10N2O2/c13-9-1-2-11(15)10(7-9)12(16)8-3-5-14-6-4-8/h1-7,15H,13H2. The number of aromatic hydroxyl groups is 1. The molecule has 0 saturated heterocycles. The van der Waals surface area contributed by atoms with Crippen molar-refractivity contribution in [2.75, 3.05) is 5.73 Å². The van der Waals surface area contributed by atoms with Crippen LogP contribution in [0.25, 0.3) is 0 Å². The smallest absolute Gasteiger partial charge is 0.196 e. The van der Waals surface area contributed by atoms with Gasteiger partial charge in [-0.1, -0.05) is 0 Å². The molecule has 0 aliphatic rings. The summed E-state index contributed by atoms with van der Waals surface area (Å²) in [6, 6.07) is 7.58.